The number of hydrogen-bond donors (Lipinski definition) is 2. The Kier molecular flexibility index (Phi) is 5.32. The highest BCUT2D eigenvalue weighted by molar-refractivity contribution is 6.64. The number of nitrogens with zero attached hydrogens (tertiary/aromatic N) is 1. The number of aliphatic imine (C=N–C) groups is 1. The lowest BCUT2D eigenvalue weighted by atomic mass is 10.2. The molecule has 2 rings (SSSR count). The van der Waals surface area contributed by atoms with Crippen molar-refractivity contribution in [1.82, 2.24) is 4.98 Å². The standard InChI is InChI=1S/C15H14ClN3O3/c1-2-21-14(20)11-8-9-18-12(11)13(19-15(16)17)22-10-6-4-3-5-7-10/h3-9,17-18H,2H2,1H3/b17-15?,19-13+. The summed E-state index contributed by atoms with van der Waals surface area (Å²) in [7, 11) is 0. The first-order valence-electron chi connectivity index (χ1n) is 6.52. The molecular formula is C15H14ClN3O3. The largest absolute Gasteiger partial charge is 0.462 e. The molecule has 6 nitrogen and oxygen atoms in total. The van der Waals surface area contributed by atoms with E-state index in [-0.39, 0.29) is 18.1 Å². The van der Waals surface area contributed by atoms with E-state index >= 15 is 0 Å². The molecule has 114 valence electrons. The van der Waals surface area contributed by atoms with E-state index in [2.05, 4.69) is 9.98 Å². The molecule has 0 saturated heterocycles. The summed E-state index contributed by atoms with van der Waals surface area (Å²) in [5.41, 5.74) is 0.558. The number of H-pyrrole nitrogens is 1. The van der Waals surface area contributed by atoms with Gasteiger partial charge in [-0.2, -0.15) is 4.99 Å². The van der Waals surface area contributed by atoms with Crippen LogP contribution in [0.2, 0.25) is 0 Å². The molecule has 0 spiro atoms. The van der Waals surface area contributed by atoms with E-state index in [0.29, 0.717) is 11.4 Å². The molecule has 0 bridgehead atoms. The van der Waals surface area contributed by atoms with Crippen molar-refractivity contribution < 1.29 is 14.3 Å². The number of carbonyl (C=O) groups excluding carboxylic acids is 1. The number of hydrogen-bond acceptors (Lipinski definition) is 4. The second-order valence-electron chi connectivity index (χ2n) is 4.11. The molecule has 0 aliphatic heterocycles. The minimum atomic E-state index is -0.510. The monoisotopic (exact) mass is 319 g/mol. The molecule has 2 N–H and O–H groups in total. The number of halogens is 1. The second-order valence-corrected chi connectivity index (χ2v) is 4.47. The Hall–Kier alpha value is -2.60. The minimum Gasteiger partial charge on any atom is -0.462 e. The second kappa shape index (κ2) is 7.42. The van der Waals surface area contributed by atoms with Gasteiger partial charge in [-0.15, -0.1) is 0 Å². The number of nitrogens with one attached hydrogen (secondary N) is 2. The summed E-state index contributed by atoms with van der Waals surface area (Å²) in [6, 6.07) is 10.4. The lowest BCUT2D eigenvalue weighted by molar-refractivity contribution is 0.0526. The first-order valence-corrected chi connectivity index (χ1v) is 6.90. The Labute approximate surface area is 132 Å². The molecule has 1 heterocycles. The fourth-order valence-electron chi connectivity index (χ4n) is 1.74. The van der Waals surface area contributed by atoms with Crippen LogP contribution in [-0.4, -0.2) is 28.8 Å². The number of aromatic nitrogens is 1. The minimum absolute atomic E-state index is 0.0132. The van der Waals surface area contributed by atoms with Gasteiger partial charge in [0.1, 0.15) is 11.4 Å². The third-order valence-corrected chi connectivity index (χ3v) is 2.70. The molecule has 0 atom stereocenters. The van der Waals surface area contributed by atoms with Crippen molar-refractivity contribution in [3.63, 3.8) is 0 Å². The first-order chi connectivity index (χ1) is 10.6. The van der Waals surface area contributed by atoms with Crippen molar-refractivity contribution in [1.29, 1.82) is 5.41 Å². The number of carbonyl (C=O) groups is 1. The van der Waals surface area contributed by atoms with Crippen LogP contribution in [0.25, 0.3) is 0 Å². The summed E-state index contributed by atoms with van der Waals surface area (Å²) < 4.78 is 10.6. The average molecular weight is 320 g/mol. The normalized spacial score (nSPS) is 11.1. The molecule has 0 radical (unpaired) electrons. The fourth-order valence-corrected chi connectivity index (χ4v) is 1.82. The van der Waals surface area contributed by atoms with E-state index < -0.39 is 11.3 Å². The number of aromatic amines is 1. The maximum Gasteiger partial charge on any atom is 0.340 e. The number of benzene rings is 1. The van der Waals surface area contributed by atoms with Gasteiger partial charge in [-0.05, 0) is 36.7 Å². The van der Waals surface area contributed by atoms with Gasteiger partial charge in [0, 0.05) is 6.20 Å². The molecule has 0 aliphatic carbocycles. The van der Waals surface area contributed by atoms with Gasteiger partial charge < -0.3 is 14.5 Å². The Morgan fingerprint density at radius 3 is 2.68 bits per heavy atom. The van der Waals surface area contributed by atoms with Crippen molar-refractivity contribution in [2.24, 2.45) is 4.99 Å². The molecule has 0 saturated carbocycles. The van der Waals surface area contributed by atoms with Crippen molar-refractivity contribution in [2.75, 3.05) is 6.61 Å². The number of esters is 1. The number of ether oxygens (including phenoxy) is 2. The van der Waals surface area contributed by atoms with Crippen molar-refractivity contribution in [3.8, 4) is 5.75 Å². The highest BCUT2D eigenvalue weighted by Crippen LogP contribution is 2.16. The summed E-state index contributed by atoms with van der Waals surface area (Å²) in [5, 5.41) is 6.86. The van der Waals surface area contributed by atoms with Crippen molar-refractivity contribution in [2.45, 2.75) is 6.92 Å². The van der Waals surface area contributed by atoms with Gasteiger partial charge in [0.25, 0.3) is 0 Å². The predicted molar refractivity (Wildman–Crippen MR) is 83.9 cm³/mol. The molecule has 22 heavy (non-hydrogen) atoms. The quantitative estimate of drug-likeness (QED) is 0.392. The lowest BCUT2D eigenvalue weighted by Gasteiger charge is -2.09. The van der Waals surface area contributed by atoms with Gasteiger partial charge in [0.05, 0.1) is 12.2 Å². The molecule has 0 fully saturated rings. The summed E-state index contributed by atoms with van der Waals surface area (Å²) in [4.78, 5) is 18.6. The van der Waals surface area contributed by atoms with Gasteiger partial charge in [-0.3, -0.25) is 5.41 Å². The smallest absolute Gasteiger partial charge is 0.340 e. The summed E-state index contributed by atoms with van der Waals surface area (Å²) >= 11 is 5.53. The lowest BCUT2D eigenvalue weighted by Crippen LogP contribution is -2.17. The SMILES string of the molecule is CCOC(=O)c1cc[nH]c1/C(=N\C(=N)Cl)Oc1ccccc1. The highest BCUT2D eigenvalue weighted by atomic mass is 35.5. The van der Waals surface area contributed by atoms with Crippen LogP contribution >= 0.6 is 11.6 Å². The summed E-state index contributed by atoms with van der Waals surface area (Å²) in [5.74, 6) is 0.00652. The zero-order valence-electron chi connectivity index (χ0n) is 11.8. The van der Waals surface area contributed by atoms with Crippen LogP contribution in [0, 0.1) is 5.41 Å². The van der Waals surface area contributed by atoms with Crippen LogP contribution in [0.5, 0.6) is 5.75 Å². The Morgan fingerprint density at radius 1 is 1.32 bits per heavy atom. The van der Waals surface area contributed by atoms with Crippen LogP contribution in [-0.2, 0) is 4.74 Å². The summed E-state index contributed by atoms with van der Waals surface area (Å²) in [6.07, 6.45) is 1.56. The van der Waals surface area contributed by atoms with Crippen molar-refractivity contribution in [3.05, 3.63) is 53.9 Å². The molecule has 0 unspecified atom stereocenters. The predicted octanol–water partition coefficient (Wildman–Crippen LogP) is 3.19. The third kappa shape index (κ3) is 3.95. The van der Waals surface area contributed by atoms with Crippen LogP contribution in [0.15, 0.2) is 47.6 Å². The molecule has 2 aromatic rings. The van der Waals surface area contributed by atoms with E-state index in [1.807, 2.05) is 6.07 Å². The Bertz CT molecular complexity index is 695. The molecular weight excluding hydrogens is 306 g/mol. The Balaban J connectivity index is 2.37. The molecule has 0 aliphatic rings. The maximum absolute atomic E-state index is 11.9. The van der Waals surface area contributed by atoms with Crippen LogP contribution in [0.1, 0.15) is 23.0 Å². The number of rotatable bonds is 4. The zero-order valence-corrected chi connectivity index (χ0v) is 12.6. The number of para-hydroxylation sites is 1. The molecule has 7 heteroatoms. The molecule has 0 amide bonds. The van der Waals surface area contributed by atoms with Gasteiger partial charge in [-0.1, -0.05) is 18.2 Å². The van der Waals surface area contributed by atoms with E-state index in [9.17, 15) is 4.79 Å². The zero-order chi connectivity index (χ0) is 15.9. The van der Waals surface area contributed by atoms with Gasteiger partial charge in [0.2, 0.25) is 11.2 Å². The highest BCUT2D eigenvalue weighted by Gasteiger charge is 2.20. The maximum atomic E-state index is 11.9. The summed E-state index contributed by atoms with van der Waals surface area (Å²) in [6.45, 7) is 1.97. The Morgan fingerprint density at radius 2 is 2.05 bits per heavy atom. The third-order valence-electron chi connectivity index (χ3n) is 2.61. The van der Waals surface area contributed by atoms with Crippen LogP contribution < -0.4 is 4.74 Å². The van der Waals surface area contributed by atoms with Gasteiger partial charge >= 0.3 is 5.97 Å². The van der Waals surface area contributed by atoms with Crippen molar-refractivity contribution >= 4 is 28.8 Å². The van der Waals surface area contributed by atoms with Gasteiger partial charge in [-0.25, -0.2) is 4.79 Å². The first kappa shape index (κ1) is 15.8. The fraction of sp³-hybridized carbons (Fsp3) is 0.133. The van der Waals surface area contributed by atoms with E-state index in [4.69, 9.17) is 26.5 Å². The average Bonchev–Trinajstić information content (AvgIpc) is 2.97. The molecule has 1 aromatic heterocycles. The van der Waals surface area contributed by atoms with E-state index in [1.54, 1.807) is 43.5 Å². The number of amidine groups is 1. The van der Waals surface area contributed by atoms with E-state index in [1.165, 1.54) is 0 Å². The van der Waals surface area contributed by atoms with Gasteiger partial charge in [0.15, 0.2) is 0 Å². The van der Waals surface area contributed by atoms with Crippen LogP contribution in [0.4, 0.5) is 0 Å². The van der Waals surface area contributed by atoms with E-state index in [0.717, 1.165) is 0 Å². The van der Waals surface area contributed by atoms with Crippen LogP contribution in [0.3, 0.4) is 0 Å². The molecule has 1 aromatic carbocycles. The topological polar surface area (TPSA) is 87.5 Å².